The van der Waals surface area contributed by atoms with Crippen LogP contribution in [0.1, 0.15) is 12.5 Å². The number of aromatic nitrogens is 2. The Labute approximate surface area is 98.5 Å². The van der Waals surface area contributed by atoms with Crippen LogP contribution in [0.2, 0.25) is 0 Å². The lowest BCUT2D eigenvalue weighted by molar-refractivity contribution is 0.641. The molecule has 2 aromatic rings. The lowest BCUT2D eigenvalue weighted by Gasteiger charge is -2.05. The third kappa shape index (κ3) is 2.74. The molecule has 5 nitrogen and oxygen atoms in total. The average Bonchev–Trinajstić information content (AvgIpc) is 2.68. The standard InChI is InChI=1S/C12H14N4O/c1-8(7-13)14-5-4-9-2-3-10-11(6-9)16-12(17)15-10/h2-3,6,8,14H,4-5H2,1H3,(H2,15,16,17). The number of rotatable bonds is 4. The minimum absolute atomic E-state index is 0.134. The molecule has 1 aromatic carbocycles. The molecule has 0 spiro atoms. The summed E-state index contributed by atoms with van der Waals surface area (Å²) >= 11 is 0. The quantitative estimate of drug-likeness (QED) is 0.729. The Morgan fingerprint density at radius 3 is 2.94 bits per heavy atom. The Balaban J connectivity index is 2.04. The molecule has 17 heavy (non-hydrogen) atoms. The van der Waals surface area contributed by atoms with E-state index in [-0.39, 0.29) is 11.7 Å². The van der Waals surface area contributed by atoms with E-state index in [9.17, 15) is 4.79 Å². The van der Waals surface area contributed by atoms with Crippen molar-refractivity contribution in [3.63, 3.8) is 0 Å². The van der Waals surface area contributed by atoms with Gasteiger partial charge in [0.25, 0.3) is 0 Å². The van der Waals surface area contributed by atoms with Gasteiger partial charge in [-0.3, -0.25) is 0 Å². The monoisotopic (exact) mass is 230 g/mol. The van der Waals surface area contributed by atoms with E-state index in [0.717, 1.165) is 29.6 Å². The van der Waals surface area contributed by atoms with E-state index in [2.05, 4.69) is 21.4 Å². The first-order chi connectivity index (χ1) is 8.19. The van der Waals surface area contributed by atoms with Crippen molar-refractivity contribution in [2.24, 2.45) is 0 Å². The van der Waals surface area contributed by atoms with Crippen LogP contribution in [0.3, 0.4) is 0 Å². The number of nitrogens with one attached hydrogen (secondary N) is 3. The van der Waals surface area contributed by atoms with Crippen molar-refractivity contribution in [1.82, 2.24) is 15.3 Å². The minimum Gasteiger partial charge on any atom is -0.306 e. The maximum atomic E-state index is 11.1. The van der Waals surface area contributed by atoms with E-state index in [1.54, 1.807) is 0 Å². The van der Waals surface area contributed by atoms with Crippen molar-refractivity contribution < 1.29 is 0 Å². The molecule has 3 N–H and O–H groups in total. The summed E-state index contributed by atoms with van der Waals surface area (Å²) in [5, 5.41) is 11.7. The number of nitriles is 1. The molecule has 1 heterocycles. The van der Waals surface area contributed by atoms with Gasteiger partial charge in [-0.2, -0.15) is 5.26 Å². The van der Waals surface area contributed by atoms with Crippen molar-refractivity contribution in [2.75, 3.05) is 6.54 Å². The Bertz CT molecular complexity index is 605. The summed E-state index contributed by atoms with van der Waals surface area (Å²) in [4.78, 5) is 16.5. The first-order valence-electron chi connectivity index (χ1n) is 5.53. The minimum atomic E-state index is -0.187. The topological polar surface area (TPSA) is 84.5 Å². The van der Waals surface area contributed by atoms with E-state index in [0.29, 0.717) is 0 Å². The largest absolute Gasteiger partial charge is 0.323 e. The van der Waals surface area contributed by atoms with E-state index in [1.807, 2.05) is 25.1 Å². The summed E-state index contributed by atoms with van der Waals surface area (Å²) in [6.07, 6.45) is 0.829. The molecular weight excluding hydrogens is 216 g/mol. The van der Waals surface area contributed by atoms with Gasteiger partial charge in [0.2, 0.25) is 0 Å². The summed E-state index contributed by atoms with van der Waals surface area (Å²) in [6.45, 7) is 2.57. The fraction of sp³-hybridized carbons (Fsp3) is 0.333. The molecule has 0 amide bonds. The number of imidazole rings is 1. The molecule has 0 bridgehead atoms. The molecule has 2 rings (SSSR count). The summed E-state index contributed by atoms with van der Waals surface area (Å²) in [7, 11) is 0. The molecule has 0 aliphatic carbocycles. The molecule has 0 saturated heterocycles. The van der Waals surface area contributed by atoms with Gasteiger partial charge >= 0.3 is 5.69 Å². The van der Waals surface area contributed by atoms with E-state index in [1.165, 1.54) is 0 Å². The van der Waals surface area contributed by atoms with Crippen LogP contribution < -0.4 is 11.0 Å². The van der Waals surface area contributed by atoms with Crippen LogP contribution in [-0.2, 0) is 6.42 Å². The first kappa shape index (κ1) is 11.4. The lowest BCUT2D eigenvalue weighted by Crippen LogP contribution is -2.26. The maximum Gasteiger partial charge on any atom is 0.323 e. The van der Waals surface area contributed by atoms with Crippen molar-refractivity contribution in [1.29, 1.82) is 5.26 Å². The van der Waals surface area contributed by atoms with Gasteiger partial charge in [0.1, 0.15) is 0 Å². The lowest BCUT2D eigenvalue weighted by atomic mass is 10.1. The Hall–Kier alpha value is -2.06. The van der Waals surface area contributed by atoms with E-state index < -0.39 is 0 Å². The van der Waals surface area contributed by atoms with E-state index in [4.69, 9.17) is 5.26 Å². The first-order valence-corrected chi connectivity index (χ1v) is 5.53. The number of nitrogens with zero attached hydrogens (tertiary/aromatic N) is 1. The third-order valence-electron chi connectivity index (χ3n) is 2.64. The van der Waals surface area contributed by atoms with Gasteiger partial charge in [-0.05, 0) is 31.0 Å². The summed E-state index contributed by atoms with van der Waals surface area (Å²) in [5.41, 5.74) is 2.58. The summed E-state index contributed by atoms with van der Waals surface area (Å²) in [5.74, 6) is 0. The van der Waals surface area contributed by atoms with Crippen molar-refractivity contribution in [3.05, 3.63) is 34.2 Å². The summed E-state index contributed by atoms with van der Waals surface area (Å²) in [6, 6.07) is 7.80. The Morgan fingerprint density at radius 2 is 2.18 bits per heavy atom. The molecule has 0 fully saturated rings. The highest BCUT2D eigenvalue weighted by atomic mass is 16.1. The van der Waals surface area contributed by atoms with Crippen LogP contribution in [0.15, 0.2) is 23.0 Å². The molecule has 0 radical (unpaired) electrons. The molecule has 88 valence electrons. The van der Waals surface area contributed by atoms with Crippen LogP contribution in [0.25, 0.3) is 11.0 Å². The normalized spacial score (nSPS) is 12.5. The molecule has 1 atom stereocenters. The number of aromatic amines is 2. The molecule has 0 saturated carbocycles. The zero-order valence-electron chi connectivity index (χ0n) is 9.58. The molecule has 1 aromatic heterocycles. The van der Waals surface area contributed by atoms with Gasteiger partial charge in [0.15, 0.2) is 0 Å². The van der Waals surface area contributed by atoms with Gasteiger partial charge in [0.05, 0.1) is 23.1 Å². The van der Waals surface area contributed by atoms with E-state index >= 15 is 0 Å². The highest BCUT2D eigenvalue weighted by molar-refractivity contribution is 5.74. The number of fused-ring (bicyclic) bond motifs is 1. The number of hydrogen-bond acceptors (Lipinski definition) is 3. The second kappa shape index (κ2) is 4.85. The fourth-order valence-electron chi connectivity index (χ4n) is 1.71. The van der Waals surface area contributed by atoms with Crippen LogP contribution >= 0.6 is 0 Å². The highest BCUT2D eigenvalue weighted by Crippen LogP contribution is 2.10. The molecule has 1 unspecified atom stereocenters. The SMILES string of the molecule is CC(C#N)NCCc1ccc2[nH]c(=O)[nH]c2c1. The van der Waals surface area contributed by atoms with Crippen molar-refractivity contribution >= 4 is 11.0 Å². The highest BCUT2D eigenvalue weighted by Gasteiger charge is 2.01. The van der Waals surface area contributed by atoms with Crippen molar-refractivity contribution in [3.8, 4) is 6.07 Å². The molecule has 5 heteroatoms. The zero-order chi connectivity index (χ0) is 12.3. The number of H-pyrrole nitrogens is 2. The van der Waals surface area contributed by atoms with Crippen molar-refractivity contribution in [2.45, 2.75) is 19.4 Å². The molecule has 0 aliphatic rings. The van der Waals surface area contributed by atoms with Crippen LogP contribution in [0.5, 0.6) is 0 Å². The molecule has 0 aliphatic heterocycles. The van der Waals surface area contributed by atoms with Gasteiger partial charge < -0.3 is 15.3 Å². The average molecular weight is 230 g/mol. The van der Waals surface area contributed by atoms with Crippen LogP contribution in [-0.4, -0.2) is 22.6 Å². The maximum absolute atomic E-state index is 11.1. The van der Waals surface area contributed by atoms with Gasteiger partial charge in [0, 0.05) is 6.54 Å². The Kier molecular flexibility index (Phi) is 3.26. The predicted octanol–water partition coefficient (Wildman–Crippen LogP) is 0.900. The third-order valence-corrected chi connectivity index (χ3v) is 2.64. The summed E-state index contributed by atoms with van der Waals surface area (Å²) < 4.78 is 0. The van der Waals surface area contributed by atoms with Gasteiger partial charge in [-0.25, -0.2) is 4.79 Å². The van der Waals surface area contributed by atoms with Crippen LogP contribution in [0.4, 0.5) is 0 Å². The number of hydrogen-bond donors (Lipinski definition) is 3. The predicted molar refractivity (Wildman–Crippen MR) is 65.7 cm³/mol. The zero-order valence-corrected chi connectivity index (χ0v) is 9.58. The van der Waals surface area contributed by atoms with Gasteiger partial charge in [-0.15, -0.1) is 0 Å². The van der Waals surface area contributed by atoms with Gasteiger partial charge in [-0.1, -0.05) is 6.07 Å². The number of benzene rings is 1. The smallest absolute Gasteiger partial charge is 0.306 e. The second-order valence-corrected chi connectivity index (χ2v) is 4.01. The van der Waals surface area contributed by atoms with Crippen LogP contribution in [0, 0.1) is 11.3 Å². The molecular formula is C12H14N4O. The fourth-order valence-corrected chi connectivity index (χ4v) is 1.71. The Morgan fingerprint density at radius 1 is 1.41 bits per heavy atom. The second-order valence-electron chi connectivity index (χ2n) is 4.01.